The molecule has 4 rings (SSSR count). The number of aryl methyl sites for hydroxylation is 1. The average molecular weight is 560 g/mol. The van der Waals surface area contributed by atoms with Crippen molar-refractivity contribution in [2.24, 2.45) is 0 Å². The monoisotopic (exact) mass is 559 g/mol. The van der Waals surface area contributed by atoms with Gasteiger partial charge in [0, 0.05) is 35.9 Å². The van der Waals surface area contributed by atoms with E-state index in [2.05, 4.69) is 10.6 Å². The van der Waals surface area contributed by atoms with E-state index in [1.54, 1.807) is 20.8 Å². The second kappa shape index (κ2) is 10.9. The van der Waals surface area contributed by atoms with Gasteiger partial charge in [-0.05, 0) is 69.6 Å². The Labute approximate surface area is 222 Å². The maximum atomic E-state index is 13.8. The summed E-state index contributed by atoms with van der Waals surface area (Å²) in [6, 6.07) is -0.672. The summed E-state index contributed by atoms with van der Waals surface area (Å²) in [7, 11) is 0. The number of halogens is 3. The van der Waals surface area contributed by atoms with Crippen LogP contribution in [0, 0.1) is 0 Å². The average Bonchev–Trinajstić information content (AvgIpc) is 3.34. The van der Waals surface area contributed by atoms with Gasteiger partial charge in [-0.3, -0.25) is 10.2 Å². The van der Waals surface area contributed by atoms with Gasteiger partial charge < -0.3 is 15.2 Å². The molecule has 2 amide bonds. The highest BCUT2D eigenvalue weighted by Crippen LogP contribution is 2.43. The summed E-state index contributed by atoms with van der Waals surface area (Å²) >= 11 is 2.03. The number of esters is 1. The molecule has 204 valence electrons. The second-order valence-corrected chi connectivity index (χ2v) is 12.5. The van der Waals surface area contributed by atoms with E-state index in [1.807, 2.05) is 4.90 Å². The molecule has 0 radical (unpaired) electrons. The lowest BCUT2D eigenvalue weighted by Crippen LogP contribution is -2.33. The van der Waals surface area contributed by atoms with E-state index in [9.17, 15) is 27.9 Å². The number of rotatable bonds is 6. The number of β-amino-alcohol motifs (C(OH)–C–C–N with tert-alkyl or cyclic N) is 1. The number of hydrogen-bond acceptors (Lipinski definition) is 7. The highest BCUT2D eigenvalue weighted by Gasteiger charge is 2.39. The largest absolute Gasteiger partial charge is 0.456 e. The first-order chi connectivity index (χ1) is 17.4. The minimum absolute atomic E-state index is 0.0567. The number of urea groups is 1. The van der Waals surface area contributed by atoms with Crippen LogP contribution in [0.1, 0.15) is 75.3 Å². The van der Waals surface area contributed by atoms with Crippen molar-refractivity contribution in [3.8, 4) is 0 Å². The van der Waals surface area contributed by atoms with Crippen molar-refractivity contribution in [1.29, 1.82) is 0 Å². The van der Waals surface area contributed by atoms with Gasteiger partial charge in [0.15, 0.2) is 0 Å². The third kappa shape index (κ3) is 6.47. The topological polar surface area (TPSA) is 90.9 Å². The predicted molar refractivity (Wildman–Crippen MR) is 137 cm³/mol. The van der Waals surface area contributed by atoms with Crippen LogP contribution >= 0.6 is 22.7 Å². The van der Waals surface area contributed by atoms with E-state index in [0.717, 1.165) is 29.7 Å². The van der Waals surface area contributed by atoms with E-state index in [-0.39, 0.29) is 18.7 Å². The smallest absolute Gasteiger partial charge is 0.425 e. The summed E-state index contributed by atoms with van der Waals surface area (Å²) in [6.45, 7) is 6.26. The minimum atomic E-state index is -4.53. The molecule has 0 atom stereocenters. The van der Waals surface area contributed by atoms with Gasteiger partial charge in [-0.2, -0.15) is 13.2 Å². The molecule has 0 spiro atoms. The Bertz CT molecular complexity index is 1170. The normalized spacial score (nSPS) is 16.2. The molecule has 0 saturated carbocycles. The quantitative estimate of drug-likeness (QED) is 0.416. The van der Waals surface area contributed by atoms with Crippen LogP contribution in [0.2, 0.25) is 0 Å². The zero-order valence-corrected chi connectivity index (χ0v) is 22.8. The molecular formula is C25H32F3N3O4S2. The molecule has 37 heavy (non-hydrogen) atoms. The van der Waals surface area contributed by atoms with Gasteiger partial charge in [-0.1, -0.05) is 0 Å². The highest BCUT2D eigenvalue weighted by molar-refractivity contribution is 7.17. The Morgan fingerprint density at radius 1 is 1.05 bits per heavy atom. The van der Waals surface area contributed by atoms with Crippen LogP contribution in [-0.2, 0) is 43.3 Å². The van der Waals surface area contributed by atoms with Crippen LogP contribution in [0.4, 0.5) is 23.0 Å². The molecule has 0 bridgehead atoms. The molecule has 2 aromatic heterocycles. The zero-order valence-electron chi connectivity index (χ0n) is 21.1. The molecule has 1 aliphatic heterocycles. The number of anilines is 1. The van der Waals surface area contributed by atoms with Crippen molar-refractivity contribution < 1.29 is 32.6 Å². The summed E-state index contributed by atoms with van der Waals surface area (Å²) in [5.41, 5.74) is 1.23. The number of nitrogens with zero attached hydrogens (tertiary/aromatic N) is 1. The summed E-state index contributed by atoms with van der Waals surface area (Å²) in [5.74, 6) is -0.513. The van der Waals surface area contributed by atoms with Crippen LogP contribution in [0.25, 0.3) is 0 Å². The number of fused-ring (bicyclic) bond motifs is 2. The van der Waals surface area contributed by atoms with E-state index in [4.69, 9.17) is 4.74 Å². The van der Waals surface area contributed by atoms with Gasteiger partial charge in [0.25, 0.3) is 0 Å². The van der Waals surface area contributed by atoms with Crippen LogP contribution in [-0.4, -0.2) is 47.3 Å². The number of alkyl halides is 3. The minimum Gasteiger partial charge on any atom is -0.456 e. The van der Waals surface area contributed by atoms with E-state index in [0.29, 0.717) is 64.8 Å². The summed E-state index contributed by atoms with van der Waals surface area (Å²) in [5, 5.41) is 14.8. The summed E-state index contributed by atoms with van der Waals surface area (Å²) in [4.78, 5) is 28.7. The van der Waals surface area contributed by atoms with Gasteiger partial charge in [-0.15, -0.1) is 22.7 Å². The summed E-state index contributed by atoms with van der Waals surface area (Å²) in [6.07, 6.45) is -0.666. The Balaban J connectivity index is 1.53. The van der Waals surface area contributed by atoms with Crippen molar-refractivity contribution in [3.05, 3.63) is 36.9 Å². The van der Waals surface area contributed by atoms with Gasteiger partial charge in [0.2, 0.25) is 0 Å². The van der Waals surface area contributed by atoms with Crippen LogP contribution in [0.5, 0.6) is 0 Å². The van der Waals surface area contributed by atoms with Gasteiger partial charge >= 0.3 is 18.2 Å². The second-order valence-electron chi connectivity index (χ2n) is 10.3. The van der Waals surface area contributed by atoms with Gasteiger partial charge in [-0.25, -0.2) is 9.59 Å². The number of carbonyl (C=O) groups excluding carboxylic acids is 2. The van der Waals surface area contributed by atoms with Gasteiger partial charge in [0.1, 0.15) is 15.5 Å². The van der Waals surface area contributed by atoms with Crippen molar-refractivity contribution in [3.63, 3.8) is 0 Å². The van der Waals surface area contributed by atoms with E-state index < -0.39 is 28.7 Å². The fourth-order valence-electron chi connectivity index (χ4n) is 4.79. The number of aliphatic hydroxyl groups excluding tert-OH is 1. The number of carbonyl (C=O) groups is 2. The van der Waals surface area contributed by atoms with E-state index in [1.165, 1.54) is 11.3 Å². The van der Waals surface area contributed by atoms with Gasteiger partial charge in [0.05, 0.1) is 12.2 Å². The number of ether oxygens (including phenoxy) is 1. The van der Waals surface area contributed by atoms with E-state index >= 15 is 0 Å². The molecule has 0 fully saturated rings. The maximum Gasteiger partial charge on any atom is 0.425 e. The SMILES string of the molecule is CC(C)(C)OC(=O)c1c(NC(=O)NCc2c(C(F)(F)F)sc3c2CCN(CCO)C3)sc2c1CCCC2. The predicted octanol–water partition coefficient (Wildman–Crippen LogP) is 5.33. The standard InChI is InChI=1S/C25H32F3N3O4S2/c1-24(2,3)35-22(33)19-15-6-4-5-7-17(15)37-21(19)30-23(34)29-12-16-14-8-9-31(10-11-32)13-18(14)36-20(16)25(26,27)28/h32H,4-13H2,1-3H3,(H2,29,30,34). The molecule has 2 aliphatic rings. The third-order valence-electron chi connectivity index (χ3n) is 6.35. The lowest BCUT2D eigenvalue weighted by Gasteiger charge is -2.26. The molecule has 3 N–H and O–H groups in total. The Morgan fingerprint density at radius 2 is 1.78 bits per heavy atom. The molecule has 3 heterocycles. The van der Waals surface area contributed by atoms with Crippen LogP contribution in [0.3, 0.4) is 0 Å². The molecule has 12 heteroatoms. The molecule has 0 saturated heterocycles. The lowest BCUT2D eigenvalue weighted by molar-refractivity contribution is -0.135. The Morgan fingerprint density at radius 3 is 2.46 bits per heavy atom. The summed E-state index contributed by atoms with van der Waals surface area (Å²) < 4.78 is 47.1. The van der Waals surface area contributed by atoms with Crippen LogP contribution < -0.4 is 10.6 Å². The molecule has 2 aromatic rings. The third-order valence-corrected chi connectivity index (χ3v) is 8.86. The molecular weight excluding hydrogens is 527 g/mol. The Kier molecular flexibility index (Phi) is 8.22. The highest BCUT2D eigenvalue weighted by atomic mass is 32.1. The first-order valence-electron chi connectivity index (χ1n) is 12.3. The number of aliphatic hydroxyl groups is 1. The molecule has 0 unspecified atom stereocenters. The first kappa shape index (κ1) is 27.9. The molecule has 0 aromatic carbocycles. The van der Waals surface area contributed by atoms with Crippen molar-refractivity contribution in [2.45, 2.75) is 77.7 Å². The molecule has 7 nitrogen and oxygen atoms in total. The van der Waals surface area contributed by atoms with Crippen molar-refractivity contribution >= 4 is 39.7 Å². The molecule has 1 aliphatic carbocycles. The fraction of sp³-hybridized carbons (Fsp3) is 0.600. The number of thiophene rings is 2. The number of nitrogens with one attached hydrogen (secondary N) is 2. The number of hydrogen-bond donors (Lipinski definition) is 3. The Hall–Kier alpha value is -2.15. The first-order valence-corrected chi connectivity index (χ1v) is 14.0. The number of amides is 2. The zero-order chi connectivity index (χ0) is 27.0. The van der Waals surface area contributed by atoms with Crippen molar-refractivity contribution in [2.75, 3.05) is 25.0 Å². The van der Waals surface area contributed by atoms with Crippen LogP contribution in [0.15, 0.2) is 0 Å². The van der Waals surface area contributed by atoms with Crippen molar-refractivity contribution in [1.82, 2.24) is 10.2 Å². The maximum absolute atomic E-state index is 13.8. The fourth-order valence-corrected chi connectivity index (χ4v) is 7.33. The lowest BCUT2D eigenvalue weighted by atomic mass is 9.95.